The van der Waals surface area contributed by atoms with Gasteiger partial charge >= 0.3 is 7.75 Å². The first-order chi connectivity index (χ1) is 6.51. The number of nitrogens with zero attached hydrogens (tertiary/aromatic N) is 1. The van der Waals surface area contributed by atoms with Crippen LogP contribution in [0.15, 0.2) is 12.5 Å². The van der Waals surface area contributed by atoms with E-state index >= 15 is 0 Å². The van der Waals surface area contributed by atoms with E-state index in [9.17, 15) is 9.36 Å². The van der Waals surface area contributed by atoms with E-state index in [4.69, 9.17) is 9.79 Å². The van der Waals surface area contributed by atoms with Gasteiger partial charge in [0.25, 0.3) is 0 Å². The van der Waals surface area contributed by atoms with Crippen LogP contribution in [-0.2, 0) is 15.8 Å². The summed E-state index contributed by atoms with van der Waals surface area (Å²) >= 11 is 0. The first-order valence-electron chi connectivity index (χ1n) is 3.77. The largest absolute Gasteiger partial charge is 0.400 e. The highest BCUT2D eigenvalue weighted by Gasteiger charge is 2.19. The van der Waals surface area contributed by atoms with Gasteiger partial charge in [0.2, 0.25) is 0 Å². The number of carbonyl (C=O) groups excluding carboxylic acids is 1. The number of rotatable bonds is 5. The van der Waals surface area contributed by atoms with Gasteiger partial charge in [-0.05, 0) is 0 Å². The van der Waals surface area contributed by atoms with Crippen LogP contribution in [0.4, 0.5) is 0 Å². The molecule has 0 aliphatic carbocycles. The minimum absolute atomic E-state index is 0.161. The van der Waals surface area contributed by atoms with Crippen LogP contribution in [0.2, 0.25) is 0 Å². The average molecular weight is 219 g/mol. The number of carbonyl (C=O) groups is 1. The highest BCUT2D eigenvalue weighted by atomic mass is 31.2. The molecule has 0 radical (unpaired) electrons. The normalized spacial score (nSPS) is 13.9. The van der Waals surface area contributed by atoms with Gasteiger partial charge in [-0.1, -0.05) is 0 Å². The Morgan fingerprint density at radius 1 is 1.71 bits per heavy atom. The number of imidazole rings is 1. The number of hydrogen-bond donors (Lipinski definition) is 4. The Balaban J connectivity index is 2.56. The summed E-state index contributed by atoms with van der Waals surface area (Å²) in [5.74, 6) is 0. The molecule has 1 aromatic rings. The highest BCUT2D eigenvalue weighted by molar-refractivity contribution is 7.49. The van der Waals surface area contributed by atoms with Crippen molar-refractivity contribution in [2.24, 2.45) is 0 Å². The van der Waals surface area contributed by atoms with Crippen molar-refractivity contribution in [2.75, 3.05) is 0 Å². The Labute approximate surface area is 79.8 Å². The molecule has 0 fully saturated rings. The van der Waals surface area contributed by atoms with Crippen molar-refractivity contribution in [2.45, 2.75) is 12.5 Å². The van der Waals surface area contributed by atoms with Crippen molar-refractivity contribution < 1.29 is 19.1 Å². The smallest absolute Gasteiger partial charge is 0.348 e. The van der Waals surface area contributed by atoms with Crippen molar-refractivity contribution in [3.8, 4) is 0 Å². The monoisotopic (exact) mass is 219 g/mol. The van der Waals surface area contributed by atoms with Crippen LogP contribution in [-0.4, -0.2) is 32.1 Å². The quantitative estimate of drug-likeness (QED) is 0.380. The van der Waals surface area contributed by atoms with Crippen molar-refractivity contribution in [3.63, 3.8) is 0 Å². The molecule has 0 spiro atoms. The summed E-state index contributed by atoms with van der Waals surface area (Å²) in [4.78, 5) is 34.0. The standard InChI is InChI=1S/C6H10N3O4P/c10-3-6(9-14(11,12)13)1-5-2-7-4-8-5/h2-4,6H,1H2,(H,7,8)(H3,9,11,12,13)/t6-/m0/s1. The minimum atomic E-state index is -4.37. The Kier molecular flexibility index (Phi) is 3.54. The number of aldehydes is 1. The zero-order valence-electron chi connectivity index (χ0n) is 7.12. The van der Waals surface area contributed by atoms with E-state index in [0.717, 1.165) is 0 Å². The molecule has 0 amide bonds. The van der Waals surface area contributed by atoms with Crippen LogP contribution < -0.4 is 5.09 Å². The van der Waals surface area contributed by atoms with Crippen molar-refractivity contribution in [1.29, 1.82) is 0 Å². The zero-order valence-corrected chi connectivity index (χ0v) is 8.02. The Bertz CT molecular complexity index is 333. The van der Waals surface area contributed by atoms with E-state index in [1.54, 1.807) is 0 Å². The molecule has 0 aliphatic rings. The average Bonchev–Trinajstić information content (AvgIpc) is 2.53. The molecule has 1 heterocycles. The van der Waals surface area contributed by atoms with Crippen LogP contribution in [0.25, 0.3) is 0 Å². The number of hydrogen-bond acceptors (Lipinski definition) is 3. The van der Waals surface area contributed by atoms with E-state index in [2.05, 4.69) is 9.97 Å². The van der Waals surface area contributed by atoms with Gasteiger partial charge in [-0.3, -0.25) is 0 Å². The second kappa shape index (κ2) is 4.47. The Hall–Kier alpha value is -1.01. The summed E-state index contributed by atoms with van der Waals surface area (Å²) in [6, 6.07) is -0.920. The molecule has 0 unspecified atom stereocenters. The molecule has 0 saturated heterocycles. The van der Waals surface area contributed by atoms with Gasteiger partial charge in [-0.2, -0.15) is 0 Å². The molecular weight excluding hydrogens is 209 g/mol. The van der Waals surface area contributed by atoms with Crippen LogP contribution in [0.3, 0.4) is 0 Å². The van der Waals surface area contributed by atoms with Gasteiger partial charge in [0.15, 0.2) is 0 Å². The maximum atomic E-state index is 10.5. The first-order valence-corrected chi connectivity index (χ1v) is 5.38. The topological polar surface area (TPSA) is 115 Å². The summed E-state index contributed by atoms with van der Waals surface area (Å²) in [7, 11) is -4.37. The van der Waals surface area contributed by atoms with Crippen molar-refractivity contribution in [3.05, 3.63) is 18.2 Å². The summed E-state index contributed by atoms with van der Waals surface area (Å²) in [5.41, 5.74) is 0.628. The van der Waals surface area contributed by atoms with Gasteiger partial charge in [-0.15, -0.1) is 0 Å². The summed E-state index contributed by atoms with van der Waals surface area (Å²) in [6.07, 6.45) is 3.51. The number of aromatic nitrogens is 2. The molecule has 0 aliphatic heterocycles. The molecular formula is C6H10N3O4P. The van der Waals surface area contributed by atoms with E-state index in [1.165, 1.54) is 12.5 Å². The lowest BCUT2D eigenvalue weighted by Gasteiger charge is -2.11. The molecule has 14 heavy (non-hydrogen) atoms. The van der Waals surface area contributed by atoms with E-state index < -0.39 is 13.8 Å². The van der Waals surface area contributed by atoms with E-state index in [0.29, 0.717) is 12.0 Å². The van der Waals surface area contributed by atoms with E-state index in [-0.39, 0.29) is 6.42 Å². The summed E-state index contributed by atoms with van der Waals surface area (Å²) < 4.78 is 10.5. The molecule has 1 aromatic heterocycles. The Morgan fingerprint density at radius 3 is 2.86 bits per heavy atom. The third kappa shape index (κ3) is 3.80. The Morgan fingerprint density at radius 2 is 2.43 bits per heavy atom. The lowest BCUT2D eigenvalue weighted by atomic mass is 10.2. The molecule has 7 nitrogen and oxygen atoms in total. The molecule has 0 aromatic carbocycles. The van der Waals surface area contributed by atoms with Crippen LogP contribution in [0.1, 0.15) is 5.69 Å². The second-order valence-electron chi connectivity index (χ2n) is 2.70. The van der Waals surface area contributed by atoms with Crippen molar-refractivity contribution >= 4 is 14.0 Å². The molecule has 1 atom stereocenters. The first kappa shape index (κ1) is 11.1. The number of nitrogens with one attached hydrogen (secondary N) is 2. The maximum Gasteiger partial charge on any atom is 0.400 e. The molecule has 4 N–H and O–H groups in total. The third-order valence-corrected chi connectivity index (χ3v) is 2.16. The van der Waals surface area contributed by atoms with Gasteiger partial charge in [0, 0.05) is 18.3 Å². The molecule has 8 heteroatoms. The lowest BCUT2D eigenvalue weighted by Crippen LogP contribution is -2.30. The van der Waals surface area contributed by atoms with Gasteiger partial charge < -0.3 is 19.6 Å². The van der Waals surface area contributed by atoms with Crippen LogP contribution >= 0.6 is 7.75 Å². The number of H-pyrrole nitrogens is 1. The van der Waals surface area contributed by atoms with E-state index in [1.807, 2.05) is 5.09 Å². The minimum Gasteiger partial charge on any atom is -0.348 e. The lowest BCUT2D eigenvalue weighted by molar-refractivity contribution is -0.109. The fourth-order valence-electron chi connectivity index (χ4n) is 0.973. The highest BCUT2D eigenvalue weighted by Crippen LogP contribution is 2.29. The molecule has 1 rings (SSSR count). The van der Waals surface area contributed by atoms with Gasteiger partial charge in [-0.25, -0.2) is 14.6 Å². The SMILES string of the molecule is O=C[C@H](Cc1cnc[nH]1)NP(=O)(O)O. The molecule has 0 bridgehead atoms. The van der Waals surface area contributed by atoms with Crippen LogP contribution in [0, 0.1) is 0 Å². The second-order valence-corrected chi connectivity index (χ2v) is 4.04. The predicted molar refractivity (Wildman–Crippen MR) is 47.3 cm³/mol. The van der Waals surface area contributed by atoms with Crippen molar-refractivity contribution in [1.82, 2.24) is 15.1 Å². The summed E-state index contributed by atoms with van der Waals surface area (Å²) in [6.45, 7) is 0. The zero-order chi connectivity index (χ0) is 10.6. The molecule has 0 saturated carbocycles. The van der Waals surface area contributed by atoms with Crippen LogP contribution in [0.5, 0.6) is 0 Å². The predicted octanol–water partition coefficient (Wildman–Crippen LogP) is -0.798. The number of aromatic amines is 1. The maximum absolute atomic E-state index is 10.5. The van der Waals surface area contributed by atoms with Gasteiger partial charge in [0.05, 0.1) is 12.4 Å². The third-order valence-electron chi connectivity index (χ3n) is 1.49. The fourth-order valence-corrected chi connectivity index (χ4v) is 1.56. The fraction of sp³-hybridized carbons (Fsp3) is 0.333. The molecule has 78 valence electrons. The summed E-state index contributed by atoms with van der Waals surface area (Å²) in [5, 5.41) is 1.90. The van der Waals surface area contributed by atoms with Gasteiger partial charge in [0.1, 0.15) is 6.29 Å².